The zero-order valence-corrected chi connectivity index (χ0v) is 13.0. The van der Waals surface area contributed by atoms with Crippen LogP contribution in [-0.4, -0.2) is 8.42 Å². The number of benzene rings is 2. The molecule has 0 aromatic heterocycles. The van der Waals surface area contributed by atoms with Gasteiger partial charge in [0.15, 0.2) is 0 Å². The van der Waals surface area contributed by atoms with Crippen molar-refractivity contribution in [3.8, 4) is 5.75 Å². The molecule has 0 aliphatic heterocycles. The molecule has 3 nitrogen and oxygen atoms in total. The molecule has 106 valence electrons. The molecule has 0 radical (unpaired) electrons. The number of halogens is 1. The number of hydrogen-bond acceptors (Lipinski definition) is 3. The summed E-state index contributed by atoms with van der Waals surface area (Å²) in [6, 6.07) is 9.98. The molecule has 2 aromatic rings. The molecule has 0 aliphatic rings. The van der Waals surface area contributed by atoms with Crippen molar-refractivity contribution in [3.05, 3.63) is 58.1 Å². The van der Waals surface area contributed by atoms with E-state index in [0.29, 0.717) is 16.3 Å². The summed E-state index contributed by atoms with van der Waals surface area (Å²) in [5.74, 6) is 0.375. The topological polar surface area (TPSA) is 43.4 Å². The molecule has 5 heteroatoms. The second-order valence-electron chi connectivity index (χ2n) is 4.67. The highest BCUT2D eigenvalue weighted by atomic mass is 35.5. The highest BCUT2D eigenvalue weighted by Crippen LogP contribution is 2.27. The van der Waals surface area contributed by atoms with E-state index in [1.807, 2.05) is 32.0 Å². The SMILES string of the molecule is Cc1cc(S(=O)(=O)Oc2c(C)cccc2C)ccc1Cl. The van der Waals surface area contributed by atoms with E-state index in [1.54, 1.807) is 13.0 Å². The minimum atomic E-state index is -3.86. The molecule has 0 amide bonds. The van der Waals surface area contributed by atoms with Gasteiger partial charge in [0.25, 0.3) is 0 Å². The Bertz CT molecular complexity index is 731. The Kier molecular flexibility index (Phi) is 4.06. The van der Waals surface area contributed by atoms with Gasteiger partial charge in [-0.1, -0.05) is 29.8 Å². The molecule has 0 bridgehead atoms. The van der Waals surface area contributed by atoms with Crippen molar-refractivity contribution in [3.63, 3.8) is 0 Å². The molecular formula is C15H15ClO3S. The fraction of sp³-hybridized carbons (Fsp3) is 0.200. The number of aryl methyl sites for hydroxylation is 3. The second-order valence-corrected chi connectivity index (χ2v) is 6.62. The second kappa shape index (κ2) is 5.46. The number of rotatable bonds is 3. The molecular weight excluding hydrogens is 296 g/mol. The summed E-state index contributed by atoms with van der Waals surface area (Å²) in [6.45, 7) is 5.37. The van der Waals surface area contributed by atoms with Crippen LogP contribution in [0.5, 0.6) is 5.75 Å². The molecule has 20 heavy (non-hydrogen) atoms. The van der Waals surface area contributed by atoms with E-state index >= 15 is 0 Å². The van der Waals surface area contributed by atoms with Gasteiger partial charge in [-0.3, -0.25) is 0 Å². The van der Waals surface area contributed by atoms with Gasteiger partial charge in [0.2, 0.25) is 0 Å². The van der Waals surface area contributed by atoms with E-state index in [2.05, 4.69) is 0 Å². The maximum atomic E-state index is 12.3. The lowest BCUT2D eigenvalue weighted by Crippen LogP contribution is -2.11. The Morgan fingerprint density at radius 3 is 2.10 bits per heavy atom. The Hall–Kier alpha value is -1.52. The monoisotopic (exact) mass is 310 g/mol. The Labute approximate surface area is 124 Å². The van der Waals surface area contributed by atoms with Crippen LogP contribution in [0.4, 0.5) is 0 Å². The van der Waals surface area contributed by atoms with E-state index in [1.165, 1.54) is 12.1 Å². The smallest absolute Gasteiger partial charge is 0.339 e. The largest absolute Gasteiger partial charge is 0.378 e. The molecule has 0 aliphatic carbocycles. The van der Waals surface area contributed by atoms with Crippen molar-refractivity contribution >= 4 is 21.7 Å². The van der Waals surface area contributed by atoms with Gasteiger partial charge in [-0.2, -0.15) is 8.42 Å². The van der Waals surface area contributed by atoms with Gasteiger partial charge in [0.05, 0.1) is 0 Å². The summed E-state index contributed by atoms with van der Waals surface area (Å²) in [7, 11) is -3.86. The minimum absolute atomic E-state index is 0.0991. The average molecular weight is 311 g/mol. The maximum absolute atomic E-state index is 12.3. The molecule has 0 atom stereocenters. The third-order valence-electron chi connectivity index (χ3n) is 3.02. The van der Waals surface area contributed by atoms with Gasteiger partial charge in [0.1, 0.15) is 10.6 Å². The number of para-hydroxylation sites is 1. The first kappa shape index (κ1) is 14.9. The summed E-state index contributed by atoms with van der Waals surface area (Å²) >= 11 is 5.91. The summed E-state index contributed by atoms with van der Waals surface area (Å²) in [4.78, 5) is 0.0991. The number of hydrogen-bond donors (Lipinski definition) is 0. The van der Waals surface area contributed by atoms with Crippen molar-refractivity contribution in [2.45, 2.75) is 25.7 Å². The van der Waals surface area contributed by atoms with E-state index in [9.17, 15) is 8.42 Å². The lowest BCUT2D eigenvalue weighted by atomic mass is 10.1. The normalized spacial score (nSPS) is 11.4. The fourth-order valence-corrected chi connectivity index (χ4v) is 3.11. The molecule has 0 saturated carbocycles. The van der Waals surface area contributed by atoms with Gasteiger partial charge in [-0.05, 0) is 55.7 Å². The van der Waals surface area contributed by atoms with Crippen LogP contribution in [0.25, 0.3) is 0 Å². The third kappa shape index (κ3) is 2.97. The fourth-order valence-electron chi connectivity index (χ4n) is 1.86. The van der Waals surface area contributed by atoms with E-state index in [4.69, 9.17) is 15.8 Å². The van der Waals surface area contributed by atoms with Gasteiger partial charge in [0, 0.05) is 5.02 Å². The van der Waals surface area contributed by atoms with Crippen molar-refractivity contribution in [2.24, 2.45) is 0 Å². The lowest BCUT2D eigenvalue weighted by molar-refractivity contribution is 0.482. The van der Waals surface area contributed by atoms with Gasteiger partial charge in [-0.25, -0.2) is 0 Å². The van der Waals surface area contributed by atoms with Crippen LogP contribution in [0.1, 0.15) is 16.7 Å². The third-order valence-corrected chi connectivity index (χ3v) is 4.66. The average Bonchev–Trinajstić information content (AvgIpc) is 2.37. The predicted octanol–water partition coefficient (Wildman–Crippen LogP) is 4.03. The lowest BCUT2D eigenvalue weighted by Gasteiger charge is -2.12. The molecule has 0 N–H and O–H groups in total. The van der Waals surface area contributed by atoms with E-state index in [-0.39, 0.29) is 4.90 Å². The van der Waals surface area contributed by atoms with Crippen LogP contribution >= 0.6 is 11.6 Å². The molecule has 0 spiro atoms. The first-order chi connectivity index (χ1) is 9.31. The molecule has 2 rings (SSSR count). The molecule has 0 fully saturated rings. The summed E-state index contributed by atoms with van der Waals surface area (Å²) < 4.78 is 29.9. The summed E-state index contributed by atoms with van der Waals surface area (Å²) in [6.07, 6.45) is 0. The Morgan fingerprint density at radius 2 is 1.55 bits per heavy atom. The van der Waals surface area contributed by atoms with E-state index in [0.717, 1.165) is 11.1 Å². The minimum Gasteiger partial charge on any atom is -0.378 e. The predicted molar refractivity (Wildman–Crippen MR) is 79.9 cm³/mol. The van der Waals surface area contributed by atoms with Crippen LogP contribution in [0.2, 0.25) is 5.02 Å². The van der Waals surface area contributed by atoms with Crippen molar-refractivity contribution in [2.75, 3.05) is 0 Å². The standard InChI is InChI=1S/C15H15ClO3S/c1-10-5-4-6-11(2)15(10)19-20(17,18)13-7-8-14(16)12(3)9-13/h4-9H,1-3H3. The van der Waals surface area contributed by atoms with Crippen molar-refractivity contribution in [1.82, 2.24) is 0 Å². The summed E-state index contributed by atoms with van der Waals surface area (Å²) in [5.41, 5.74) is 2.25. The van der Waals surface area contributed by atoms with Gasteiger partial charge in [-0.15, -0.1) is 0 Å². The van der Waals surface area contributed by atoms with Crippen LogP contribution in [0, 0.1) is 20.8 Å². The zero-order valence-electron chi connectivity index (χ0n) is 11.5. The Balaban J connectivity index is 2.43. The van der Waals surface area contributed by atoms with Gasteiger partial charge >= 0.3 is 10.1 Å². The van der Waals surface area contributed by atoms with Crippen molar-refractivity contribution in [1.29, 1.82) is 0 Å². The van der Waals surface area contributed by atoms with Crippen LogP contribution in [0.3, 0.4) is 0 Å². The highest BCUT2D eigenvalue weighted by molar-refractivity contribution is 7.87. The first-order valence-corrected chi connectivity index (χ1v) is 7.87. The molecule has 0 unspecified atom stereocenters. The van der Waals surface area contributed by atoms with Gasteiger partial charge < -0.3 is 4.18 Å². The van der Waals surface area contributed by atoms with Crippen LogP contribution in [-0.2, 0) is 10.1 Å². The zero-order chi connectivity index (χ0) is 14.9. The molecule has 2 aromatic carbocycles. The Morgan fingerprint density at radius 1 is 0.950 bits per heavy atom. The first-order valence-electron chi connectivity index (χ1n) is 6.08. The van der Waals surface area contributed by atoms with Crippen molar-refractivity contribution < 1.29 is 12.6 Å². The molecule has 0 heterocycles. The van der Waals surface area contributed by atoms with Crippen LogP contribution < -0.4 is 4.18 Å². The van der Waals surface area contributed by atoms with Crippen LogP contribution in [0.15, 0.2) is 41.3 Å². The summed E-state index contributed by atoms with van der Waals surface area (Å²) in [5, 5.41) is 0.524. The maximum Gasteiger partial charge on any atom is 0.339 e. The molecule has 0 saturated heterocycles. The quantitative estimate of drug-likeness (QED) is 0.804. The highest BCUT2D eigenvalue weighted by Gasteiger charge is 2.19. The van der Waals surface area contributed by atoms with E-state index < -0.39 is 10.1 Å².